The minimum Gasteiger partial charge on any atom is -0.396 e. The number of nitrogens with one attached hydrogen (secondary N) is 1. The summed E-state index contributed by atoms with van der Waals surface area (Å²) in [5.41, 5.74) is 6.02. The standard InChI is InChI=1S/C14H26N2O2/c15-13-7-2-1-6-12(13)14(18)16-8-10-4-3-5-11(10)9-17/h10-13,17H,1-9,15H2,(H,16,18). The smallest absolute Gasteiger partial charge is 0.224 e. The largest absolute Gasteiger partial charge is 0.396 e. The van der Waals surface area contributed by atoms with Crippen molar-refractivity contribution >= 4 is 5.91 Å². The van der Waals surface area contributed by atoms with Crippen LogP contribution in [0, 0.1) is 17.8 Å². The van der Waals surface area contributed by atoms with Crippen LogP contribution in [0.25, 0.3) is 0 Å². The van der Waals surface area contributed by atoms with Crippen LogP contribution in [-0.4, -0.2) is 30.2 Å². The first-order valence-electron chi connectivity index (χ1n) is 7.36. The molecule has 4 N–H and O–H groups in total. The van der Waals surface area contributed by atoms with E-state index in [0.717, 1.165) is 38.5 Å². The second-order valence-electron chi connectivity index (χ2n) is 5.93. The van der Waals surface area contributed by atoms with E-state index in [9.17, 15) is 9.90 Å². The predicted octanol–water partition coefficient (Wildman–Crippen LogP) is 1.03. The SMILES string of the molecule is NC1CCCCC1C(=O)NCC1CCCC1CO. The van der Waals surface area contributed by atoms with Gasteiger partial charge in [-0.1, -0.05) is 19.3 Å². The lowest BCUT2D eigenvalue weighted by atomic mass is 9.84. The van der Waals surface area contributed by atoms with Gasteiger partial charge in [-0.3, -0.25) is 4.79 Å². The average molecular weight is 254 g/mol. The monoisotopic (exact) mass is 254 g/mol. The Morgan fingerprint density at radius 2 is 1.83 bits per heavy atom. The zero-order valence-electron chi connectivity index (χ0n) is 11.1. The maximum absolute atomic E-state index is 12.1. The minimum atomic E-state index is 0.00716. The van der Waals surface area contributed by atoms with Crippen LogP contribution < -0.4 is 11.1 Å². The first-order valence-corrected chi connectivity index (χ1v) is 7.36. The van der Waals surface area contributed by atoms with Crippen molar-refractivity contribution in [1.29, 1.82) is 0 Å². The number of rotatable bonds is 4. The molecule has 104 valence electrons. The van der Waals surface area contributed by atoms with Crippen molar-refractivity contribution in [3.05, 3.63) is 0 Å². The lowest BCUT2D eigenvalue weighted by molar-refractivity contribution is -0.126. The van der Waals surface area contributed by atoms with Crippen LogP contribution in [0.2, 0.25) is 0 Å². The molecule has 0 spiro atoms. The third-order valence-electron chi connectivity index (χ3n) is 4.75. The molecule has 2 aliphatic carbocycles. The zero-order valence-corrected chi connectivity index (χ0v) is 11.1. The molecule has 0 aromatic rings. The predicted molar refractivity (Wildman–Crippen MR) is 70.9 cm³/mol. The van der Waals surface area contributed by atoms with E-state index in [4.69, 9.17) is 5.73 Å². The van der Waals surface area contributed by atoms with Crippen molar-refractivity contribution in [3.63, 3.8) is 0 Å². The van der Waals surface area contributed by atoms with Gasteiger partial charge in [0.15, 0.2) is 0 Å². The molecule has 0 radical (unpaired) electrons. The first kappa shape index (κ1) is 13.8. The fourth-order valence-electron chi connectivity index (χ4n) is 3.47. The fraction of sp³-hybridized carbons (Fsp3) is 0.929. The maximum atomic E-state index is 12.1. The summed E-state index contributed by atoms with van der Waals surface area (Å²) in [5.74, 6) is 0.975. The molecule has 18 heavy (non-hydrogen) atoms. The Balaban J connectivity index is 1.77. The van der Waals surface area contributed by atoms with Crippen LogP contribution in [0.15, 0.2) is 0 Å². The van der Waals surface area contributed by atoms with Gasteiger partial charge < -0.3 is 16.2 Å². The van der Waals surface area contributed by atoms with Gasteiger partial charge in [0, 0.05) is 19.2 Å². The lowest BCUT2D eigenvalue weighted by Crippen LogP contribution is -2.45. The number of carbonyl (C=O) groups is 1. The Labute approximate surface area is 109 Å². The summed E-state index contributed by atoms with van der Waals surface area (Å²) in [4.78, 5) is 12.1. The Morgan fingerprint density at radius 1 is 1.11 bits per heavy atom. The summed E-state index contributed by atoms with van der Waals surface area (Å²) in [6.45, 7) is 0.969. The van der Waals surface area contributed by atoms with Gasteiger partial charge in [-0.2, -0.15) is 0 Å². The Bertz CT molecular complexity index is 283. The van der Waals surface area contributed by atoms with E-state index in [2.05, 4.69) is 5.32 Å². The molecule has 4 heteroatoms. The van der Waals surface area contributed by atoms with Crippen molar-refractivity contribution in [2.24, 2.45) is 23.5 Å². The van der Waals surface area contributed by atoms with Gasteiger partial charge in [-0.15, -0.1) is 0 Å². The van der Waals surface area contributed by atoms with Gasteiger partial charge in [0.05, 0.1) is 5.92 Å². The van der Waals surface area contributed by atoms with Gasteiger partial charge in [0.2, 0.25) is 5.91 Å². The summed E-state index contributed by atoms with van der Waals surface area (Å²) in [5, 5.41) is 12.3. The van der Waals surface area contributed by atoms with E-state index in [1.807, 2.05) is 0 Å². The summed E-state index contributed by atoms with van der Waals surface area (Å²) in [7, 11) is 0. The van der Waals surface area contributed by atoms with Crippen molar-refractivity contribution in [2.45, 2.75) is 51.0 Å². The van der Waals surface area contributed by atoms with E-state index in [-0.39, 0.29) is 24.5 Å². The number of nitrogens with two attached hydrogens (primary N) is 1. The van der Waals surface area contributed by atoms with E-state index >= 15 is 0 Å². The molecule has 0 aliphatic heterocycles. The number of amides is 1. The number of hydrogen-bond donors (Lipinski definition) is 3. The molecule has 2 rings (SSSR count). The van der Waals surface area contributed by atoms with E-state index < -0.39 is 0 Å². The van der Waals surface area contributed by atoms with Gasteiger partial charge in [-0.25, -0.2) is 0 Å². The molecule has 4 nitrogen and oxygen atoms in total. The molecule has 2 fully saturated rings. The highest BCUT2D eigenvalue weighted by Gasteiger charge is 2.30. The van der Waals surface area contributed by atoms with Crippen LogP contribution in [0.5, 0.6) is 0 Å². The molecule has 0 heterocycles. The average Bonchev–Trinajstić information content (AvgIpc) is 2.84. The maximum Gasteiger partial charge on any atom is 0.224 e. The Hall–Kier alpha value is -0.610. The molecule has 2 saturated carbocycles. The van der Waals surface area contributed by atoms with Crippen molar-refractivity contribution in [3.8, 4) is 0 Å². The van der Waals surface area contributed by atoms with Gasteiger partial charge in [0.1, 0.15) is 0 Å². The third kappa shape index (κ3) is 3.23. The van der Waals surface area contributed by atoms with E-state index in [1.165, 1.54) is 6.42 Å². The zero-order chi connectivity index (χ0) is 13.0. The van der Waals surface area contributed by atoms with Crippen LogP contribution in [-0.2, 0) is 4.79 Å². The third-order valence-corrected chi connectivity index (χ3v) is 4.75. The molecule has 1 amide bonds. The Kier molecular flexibility index (Phi) is 5.01. The topological polar surface area (TPSA) is 75.4 Å². The highest BCUT2D eigenvalue weighted by atomic mass is 16.3. The quantitative estimate of drug-likeness (QED) is 0.701. The summed E-state index contributed by atoms with van der Waals surface area (Å²) >= 11 is 0. The van der Waals surface area contributed by atoms with E-state index in [0.29, 0.717) is 18.4 Å². The van der Waals surface area contributed by atoms with Crippen molar-refractivity contribution < 1.29 is 9.90 Å². The number of aliphatic hydroxyl groups is 1. The lowest BCUT2D eigenvalue weighted by Gasteiger charge is -2.28. The van der Waals surface area contributed by atoms with E-state index in [1.54, 1.807) is 0 Å². The molecular weight excluding hydrogens is 228 g/mol. The fourth-order valence-corrected chi connectivity index (χ4v) is 3.47. The molecule has 0 saturated heterocycles. The van der Waals surface area contributed by atoms with Gasteiger partial charge in [0.25, 0.3) is 0 Å². The normalized spacial score (nSPS) is 36.6. The molecule has 0 aromatic heterocycles. The van der Waals surface area contributed by atoms with Crippen molar-refractivity contribution in [2.75, 3.05) is 13.2 Å². The highest BCUT2D eigenvalue weighted by Crippen LogP contribution is 2.31. The second kappa shape index (κ2) is 6.53. The molecular formula is C14H26N2O2. The van der Waals surface area contributed by atoms with Crippen LogP contribution in [0.4, 0.5) is 0 Å². The van der Waals surface area contributed by atoms with Crippen LogP contribution in [0.3, 0.4) is 0 Å². The second-order valence-corrected chi connectivity index (χ2v) is 5.93. The summed E-state index contributed by atoms with van der Waals surface area (Å²) in [6.07, 6.45) is 7.58. The Morgan fingerprint density at radius 3 is 2.56 bits per heavy atom. The number of hydrogen-bond acceptors (Lipinski definition) is 3. The number of carbonyl (C=O) groups excluding carboxylic acids is 1. The van der Waals surface area contributed by atoms with Crippen molar-refractivity contribution in [1.82, 2.24) is 5.32 Å². The summed E-state index contributed by atoms with van der Waals surface area (Å²) < 4.78 is 0. The first-order chi connectivity index (χ1) is 8.72. The highest BCUT2D eigenvalue weighted by molar-refractivity contribution is 5.79. The molecule has 2 aliphatic rings. The summed E-state index contributed by atoms with van der Waals surface area (Å²) in [6, 6.07) is 0.0379. The van der Waals surface area contributed by atoms with Gasteiger partial charge >= 0.3 is 0 Å². The molecule has 4 unspecified atom stereocenters. The molecule has 0 aromatic carbocycles. The number of aliphatic hydroxyl groups excluding tert-OH is 1. The van der Waals surface area contributed by atoms with Crippen LogP contribution in [0.1, 0.15) is 44.9 Å². The minimum absolute atomic E-state index is 0.00716. The molecule has 4 atom stereocenters. The molecule has 0 bridgehead atoms. The van der Waals surface area contributed by atoms with Gasteiger partial charge in [-0.05, 0) is 37.5 Å². The van der Waals surface area contributed by atoms with Crippen LogP contribution >= 0.6 is 0 Å².